The summed E-state index contributed by atoms with van der Waals surface area (Å²) >= 11 is 1.29. The lowest BCUT2D eigenvalue weighted by molar-refractivity contribution is 0.0434. The standard InChI is InChI=1S/C21H17N3O4S/c1-13-18(29-20(22-13)14-8-4-3-5-9-14)21(25)27-12-17-23-19(24-28-17)15-10-6-7-11-16(15)26-2/h3-11H,12H2,1-2H3. The number of rotatable bonds is 6. The van der Waals surface area contributed by atoms with E-state index in [1.807, 2.05) is 54.6 Å². The number of esters is 1. The van der Waals surface area contributed by atoms with E-state index >= 15 is 0 Å². The summed E-state index contributed by atoms with van der Waals surface area (Å²) in [5.74, 6) is 0.725. The third-order valence-corrected chi connectivity index (χ3v) is 5.33. The highest BCUT2D eigenvalue weighted by Gasteiger charge is 2.19. The highest BCUT2D eigenvalue weighted by Crippen LogP contribution is 2.29. The molecule has 0 N–H and O–H groups in total. The molecule has 0 aliphatic rings. The van der Waals surface area contributed by atoms with Crippen LogP contribution in [0.15, 0.2) is 59.1 Å². The van der Waals surface area contributed by atoms with Gasteiger partial charge < -0.3 is 14.0 Å². The molecular weight excluding hydrogens is 390 g/mol. The average molecular weight is 407 g/mol. The molecular formula is C21H17N3O4S. The van der Waals surface area contributed by atoms with Crippen LogP contribution in [0.25, 0.3) is 22.0 Å². The number of para-hydroxylation sites is 1. The van der Waals surface area contributed by atoms with Gasteiger partial charge in [-0.15, -0.1) is 11.3 Å². The number of carbonyl (C=O) groups is 1. The van der Waals surface area contributed by atoms with Crippen LogP contribution in [0.4, 0.5) is 0 Å². The summed E-state index contributed by atoms with van der Waals surface area (Å²) in [5.41, 5.74) is 2.28. The molecule has 4 aromatic rings. The SMILES string of the molecule is COc1ccccc1-c1noc(COC(=O)c2sc(-c3ccccc3)nc2C)n1. The smallest absolute Gasteiger partial charge is 0.350 e. The Labute approximate surface area is 170 Å². The highest BCUT2D eigenvalue weighted by atomic mass is 32.1. The Morgan fingerprint density at radius 2 is 1.83 bits per heavy atom. The second-order valence-electron chi connectivity index (χ2n) is 6.09. The minimum absolute atomic E-state index is 0.126. The lowest BCUT2D eigenvalue weighted by atomic mass is 10.2. The molecule has 0 saturated carbocycles. The average Bonchev–Trinajstić information content (AvgIpc) is 3.39. The van der Waals surface area contributed by atoms with Gasteiger partial charge in [-0.3, -0.25) is 0 Å². The van der Waals surface area contributed by atoms with E-state index in [4.69, 9.17) is 14.0 Å². The van der Waals surface area contributed by atoms with Crippen molar-refractivity contribution in [2.24, 2.45) is 0 Å². The first-order valence-corrected chi connectivity index (χ1v) is 9.63. The van der Waals surface area contributed by atoms with E-state index in [2.05, 4.69) is 15.1 Å². The van der Waals surface area contributed by atoms with Gasteiger partial charge in [0.15, 0.2) is 6.61 Å². The van der Waals surface area contributed by atoms with Crippen LogP contribution in [-0.4, -0.2) is 28.2 Å². The van der Waals surface area contributed by atoms with E-state index in [0.717, 1.165) is 10.6 Å². The molecule has 0 atom stereocenters. The molecule has 0 amide bonds. The molecule has 0 spiro atoms. The molecule has 2 aromatic carbocycles. The molecule has 4 rings (SSSR count). The Kier molecular flexibility index (Phi) is 5.35. The monoisotopic (exact) mass is 407 g/mol. The lowest BCUT2D eigenvalue weighted by Crippen LogP contribution is -2.05. The van der Waals surface area contributed by atoms with Crippen molar-refractivity contribution in [2.45, 2.75) is 13.5 Å². The zero-order valence-electron chi connectivity index (χ0n) is 15.8. The molecule has 0 fully saturated rings. The summed E-state index contributed by atoms with van der Waals surface area (Å²) in [7, 11) is 1.57. The summed E-state index contributed by atoms with van der Waals surface area (Å²) in [6, 6.07) is 17.0. The first kappa shape index (κ1) is 18.8. The van der Waals surface area contributed by atoms with E-state index in [0.29, 0.717) is 27.7 Å². The fourth-order valence-electron chi connectivity index (χ4n) is 2.74. The number of nitrogens with zero attached hydrogens (tertiary/aromatic N) is 3. The molecule has 0 bridgehead atoms. The molecule has 0 saturated heterocycles. The predicted octanol–water partition coefficient (Wildman–Crippen LogP) is 4.53. The summed E-state index contributed by atoms with van der Waals surface area (Å²) < 4.78 is 15.9. The first-order chi connectivity index (χ1) is 14.2. The molecule has 0 aliphatic heterocycles. The maximum Gasteiger partial charge on any atom is 0.350 e. The molecule has 29 heavy (non-hydrogen) atoms. The fraction of sp³-hybridized carbons (Fsp3) is 0.143. The van der Waals surface area contributed by atoms with Crippen molar-refractivity contribution < 1.29 is 18.8 Å². The van der Waals surface area contributed by atoms with Crippen molar-refractivity contribution in [3.8, 4) is 27.7 Å². The van der Waals surface area contributed by atoms with Gasteiger partial charge in [-0.25, -0.2) is 9.78 Å². The normalized spacial score (nSPS) is 10.7. The molecule has 2 heterocycles. The number of thiazole rings is 1. The number of aryl methyl sites for hydroxylation is 1. The van der Waals surface area contributed by atoms with Gasteiger partial charge in [0.1, 0.15) is 15.6 Å². The number of ether oxygens (including phenoxy) is 2. The van der Waals surface area contributed by atoms with Crippen molar-refractivity contribution in [1.29, 1.82) is 0 Å². The predicted molar refractivity (Wildman–Crippen MR) is 108 cm³/mol. The summed E-state index contributed by atoms with van der Waals surface area (Å²) in [6.07, 6.45) is 0. The van der Waals surface area contributed by atoms with Crippen LogP contribution in [0.5, 0.6) is 5.75 Å². The number of methoxy groups -OCH3 is 1. The van der Waals surface area contributed by atoms with Crippen LogP contribution in [0.2, 0.25) is 0 Å². The van der Waals surface area contributed by atoms with E-state index in [9.17, 15) is 4.79 Å². The van der Waals surface area contributed by atoms with Crippen molar-refractivity contribution in [3.05, 3.63) is 71.1 Å². The Balaban J connectivity index is 1.46. The maximum atomic E-state index is 12.5. The Bertz CT molecular complexity index is 1140. The van der Waals surface area contributed by atoms with E-state index in [1.165, 1.54) is 11.3 Å². The summed E-state index contributed by atoms with van der Waals surface area (Å²) in [4.78, 5) is 21.7. The number of hydrogen-bond acceptors (Lipinski definition) is 8. The number of benzene rings is 2. The zero-order valence-corrected chi connectivity index (χ0v) is 16.6. The van der Waals surface area contributed by atoms with E-state index < -0.39 is 5.97 Å². The van der Waals surface area contributed by atoms with Crippen LogP contribution >= 0.6 is 11.3 Å². The van der Waals surface area contributed by atoms with Crippen LogP contribution in [-0.2, 0) is 11.3 Å². The third-order valence-electron chi connectivity index (χ3n) is 4.15. The first-order valence-electron chi connectivity index (χ1n) is 8.81. The van der Waals surface area contributed by atoms with Crippen LogP contribution < -0.4 is 4.74 Å². The van der Waals surface area contributed by atoms with Crippen molar-refractivity contribution in [3.63, 3.8) is 0 Å². The number of aromatic nitrogens is 3. The van der Waals surface area contributed by atoms with Crippen LogP contribution in [0, 0.1) is 6.92 Å². The lowest BCUT2D eigenvalue weighted by Gasteiger charge is -2.03. The van der Waals surface area contributed by atoms with E-state index in [1.54, 1.807) is 14.0 Å². The maximum absolute atomic E-state index is 12.5. The van der Waals surface area contributed by atoms with Crippen molar-refractivity contribution in [1.82, 2.24) is 15.1 Å². The zero-order chi connectivity index (χ0) is 20.2. The van der Waals surface area contributed by atoms with Gasteiger partial charge in [-0.1, -0.05) is 47.6 Å². The molecule has 0 radical (unpaired) electrons. The molecule has 146 valence electrons. The van der Waals surface area contributed by atoms with Crippen LogP contribution in [0.3, 0.4) is 0 Å². The minimum atomic E-state index is -0.473. The Morgan fingerprint density at radius 3 is 2.62 bits per heavy atom. The number of hydrogen-bond donors (Lipinski definition) is 0. The van der Waals surface area contributed by atoms with Gasteiger partial charge in [0.25, 0.3) is 5.89 Å². The second-order valence-corrected chi connectivity index (χ2v) is 7.09. The molecule has 8 heteroatoms. The Hall–Kier alpha value is -3.52. The van der Waals surface area contributed by atoms with Gasteiger partial charge in [-0.2, -0.15) is 4.98 Å². The molecule has 0 aliphatic carbocycles. The fourth-order valence-corrected chi connectivity index (χ4v) is 3.70. The van der Waals surface area contributed by atoms with Crippen molar-refractivity contribution in [2.75, 3.05) is 7.11 Å². The van der Waals surface area contributed by atoms with Gasteiger partial charge in [0, 0.05) is 5.56 Å². The number of carbonyl (C=O) groups excluding carboxylic acids is 1. The van der Waals surface area contributed by atoms with Gasteiger partial charge in [0.05, 0.1) is 18.4 Å². The second kappa shape index (κ2) is 8.24. The van der Waals surface area contributed by atoms with E-state index in [-0.39, 0.29) is 12.5 Å². The highest BCUT2D eigenvalue weighted by molar-refractivity contribution is 7.17. The third kappa shape index (κ3) is 4.02. The quantitative estimate of drug-likeness (QED) is 0.434. The molecule has 2 aromatic heterocycles. The molecule has 0 unspecified atom stereocenters. The minimum Gasteiger partial charge on any atom is -0.496 e. The molecule has 7 nitrogen and oxygen atoms in total. The van der Waals surface area contributed by atoms with Crippen molar-refractivity contribution >= 4 is 17.3 Å². The van der Waals surface area contributed by atoms with Crippen LogP contribution in [0.1, 0.15) is 21.3 Å². The van der Waals surface area contributed by atoms with Gasteiger partial charge >= 0.3 is 5.97 Å². The largest absolute Gasteiger partial charge is 0.496 e. The summed E-state index contributed by atoms with van der Waals surface area (Å²) in [6.45, 7) is 1.66. The van der Waals surface area contributed by atoms with Gasteiger partial charge in [-0.05, 0) is 19.1 Å². The Morgan fingerprint density at radius 1 is 1.07 bits per heavy atom. The topological polar surface area (TPSA) is 87.3 Å². The van der Waals surface area contributed by atoms with Gasteiger partial charge in [0.2, 0.25) is 5.82 Å². The summed E-state index contributed by atoms with van der Waals surface area (Å²) in [5, 5.41) is 4.71.